The van der Waals surface area contributed by atoms with E-state index in [1.165, 1.54) is 4.90 Å². The summed E-state index contributed by atoms with van der Waals surface area (Å²) in [5, 5.41) is 16.3. The van der Waals surface area contributed by atoms with Crippen LogP contribution in [0.3, 0.4) is 0 Å². The second kappa shape index (κ2) is 14.2. The van der Waals surface area contributed by atoms with Crippen molar-refractivity contribution in [2.75, 3.05) is 13.1 Å². The monoisotopic (exact) mass is 579 g/mol. The number of thiazole rings is 1. The van der Waals surface area contributed by atoms with E-state index in [1.54, 1.807) is 11.3 Å². The number of amides is 3. The SMILES string of the molecule is Cc1ncsc1-c1ccc([C@H](C)NC(=O)[C@@H]2C[C@@H](O)CN2C(=O)C(NC(=O)CCCCN)C(C)(C)C)cc1.Cl. The Hall–Kier alpha value is -2.53. The van der Waals surface area contributed by atoms with E-state index in [0.29, 0.717) is 13.0 Å². The number of carbonyl (C=O) groups excluding carboxylic acids is 3. The van der Waals surface area contributed by atoms with Crippen LogP contribution in [-0.2, 0) is 14.4 Å². The highest BCUT2D eigenvalue weighted by atomic mass is 35.5. The van der Waals surface area contributed by atoms with Crippen molar-refractivity contribution in [2.45, 2.75) is 84.5 Å². The third-order valence-corrected chi connectivity index (χ3v) is 7.90. The van der Waals surface area contributed by atoms with Gasteiger partial charge in [-0.3, -0.25) is 14.4 Å². The van der Waals surface area contributed by atoms with Crippen LogP contribution < -0.4 is 16.4 Å². The molecule has 4 atom stereocenters. The number of rotatable bonds is 10. The average molecular weight is 580 g/mol. The minimum atomic E-state index is -0.825. The standard InChI is InChI=1S/C28H41N5O4S.ClH/c1-17(19-9-11-20(12-10-19)24-18(2)30-16-38-24)31-26(36)22-14-21(34)15-33(22)27(37)25(28(3,4)5)32-23(35)8-6-7-13-29;/h9-12,16-17,21-22,25,34H,6-8,13-15,29H2,1-5H3,(H,31,36)(H,32,35);1H/t17-,21+,22-,25?;/m0./s1. The van der Waals surface area contributed by atoms with Gasteiger partial charge in [-0.25, -0.2) is 4.98 Å². The molecule has 3 rings (SSSR count). The third-order valence-electron chi connectivity index (χ3n) is 6.92. The van der Waals surface area contributed by atoms with E-state index in [4.69, 9.17) is 5.73 Å². The molecule has 216 valence electrons. The number of halogens is 1. The van der Waals surface area contributed by atoms with Crippen molar-refractivity contribution in [3.05, 3.63) is 41.0 Å². The number of hydrogen-bond donors (Lipinski definition) is 4. The molecule has 9 nitrogen and oxygen atoms in total. The fraction of sp³-hybridized carbons (Fsp3) is 0.571. The maximum absolute atomic E-state index is 13.6. The molecule has 0 aliphatic carbocycles. The minimum Gasteiger partial charge on any atom is -0.391 e. The van der Waals surface area contributed by atoms with Crippen LogP contribution >= 0.6 is 23.7 Å². The summed E-state index contributed by atoms with van der Waals surface area (Å²) in [6.45, 7) is 10.0. The maximum atomic E-state index is 13.6. The van der Waals surface area contributed by atoms with E-state index in [1.807, 2.05) is 64.4 Å². The predicted molar refractivity (Wildman–Crippen MR) is 157 cm³/mol. The van der Waals surface area contributed by atoms with Crippen LogP contribution in [0.4, 0.5) is 0 Å². The summed E-state index contributed by atoms with van der Waals surface area (Å²) in [6.07, 6.45) is 0.988. The van der Waals surface area contributed by atoms with Crippen LogP contribution in [0.25, 0.3) is 10.4 Å². The number of β-amino-alcohol motifs (C(OH)–C–C–N with tert-alkyl or cyclic N) is 1. The van der Waals surface area contributed by atoms with Crippen LogP contribution in [0, 0.1) is 12.3 Å². The molecule has 0 bridgehead atoms. The second-order valence-electron chi connectivity index (χ2n) is 11.1. The van der Waals surface area contributed by atoms with E-state index in [0.717, 1.165) is 28.1 Å². The summed E-state index contributed by atoms with van der Waals surface area (Å²) in [5.41, 5.74) is 9.74. The molecule has 39 heavy (non-hydrogen) atoms. The van der Waals surface area contributed by atoms with Gasteiger partial charge in [0.25, 0.3) is 0 Å². The highest BCUT2D eigenvalue weighted by Crippen LogP contribution is 2.29. The molecule has 0 radical (unpaired) electrons. The first kappa shape index (κ1) is 32.7. The molecule has 1 unspecified atom stereocenters. The summed E-state index contributed by atoms with van der Waals surface area (Å²) >= 11 is 1.59. The highest BCUT2D eigenvalue weighted by Gasteiger charge is 2.44. The molecule has 1 aliphatic rings. The van der Waals surface area contributed by atoms with Crippen molar-refractivity contribution in [1.82, 2.24) is 20.5 Å². The summed E-state index contributed by atoms with van der Waals surface area (Å²) in [6, 6.07) is 6.03. The van der Waals surface area contributed by atoms with Crippen LogP contribution in [0.2, 0.25) is 0 Å². The van der Waals surface area contributed by atoms with E-state index in [9.17, 15) is 19.5 Å². The van der Waals surface area contributed by atoms with Gasteiger partial charge in [0.05, 0.1) is 28.2 Å². The first-order valence-corrected chi connectivity index (χ1v) is 14.1. The molecule has 1 saturated heterocycles. The highest BCUT2D eigenvalue weighted by molar-refractivity contribution is 7.13. The van der Waals surface area contributed by atoms with E-state index in [2.05, 4.69) is 15.6 Å². The number of unbranched alkanes of at least 4 members (excludes halogenated alkanes) is 1. The van der Waals surface area contributed by atoms with Crippen molar-refractivity contribution in [3.63, 3.8) is 0 Å². The first-order valence-electron chi connectivity index (χ1n) is 13.2. The van der Waals surface area contributed by atoms with Gasteiger partial charge in [0.2, 0.25) is 17.7 Å². The van der Waals surface area contributed by atoms with Crippen LogP contribution in [0.15, 0.2) is 29.8 Å². The summed E-state index contributed by atoms with van der Waals surface area (Å²) in [5.74, 6) is -0.914. The maximum Gasteiger partial charge on any atom is 0.246 e. The van der Waals surface area contributed by atoms with Gasteiger partial charge in [-0.2, -0.15) is 0 Å². The zero-order chi connectivity index (χ0) is 28.0. The Morgan fingerprint density at radius 1 is 1.18 bits per heavy atom. The van der Waals surface area contributed by atoms with Crippen LogP contribution in [0.5, 0.6) is 0 Å². The number of aliphatic hydroxyl groups is 1. The van der Waals surface area contributed by atoms with Gasteiger partial charge in [0.15, 0.2) is 0 Å². The number of carbonyl (C=O) groups is 3. The van der Waals surface area contributed by atoms with Gasteiger partial charge in [-0.1, -0.05) is 45.0 Å². The predicted octanol–water partition coefficient (Wildman–Crippen LogP) is 3.34. The fourth-order valence-electron chi connectivity index (χ4n) is 4.68. The molecule has 0 saturated carbocycles. The quantitative estimate of drug-likeness (QED) is 0.319. The van der Waals surface area contributed by atoms with Gasteiger partial charge < -0.3 is 26.4 Å². The molecule has 2 aromatic rings. The molecule has 0 spiro atoms. The van der Waals surface area contributed by atoms with Crippen molar-refractivity contribution in [3.8, 4) is 10.4 Å². The van der Waals surface area contributed by atoms with Gasteiger partial charge in [0, 0.05) is 19.4 Å². The molecular formula is C28H42ClN5O4S. The van der Waals surface area contributed by atoms with Crippen molar-refractivity contribution in [2.24, 2.45) is 11.1 Å². The van der Waals surface area contributed by atoms with Gasteiger partial charge in [-0.15, -0.1) is 23.7 Å². The van der Waals surface area contributed by atoms with E-state index < -0.39 is 23.6 Å². The normalized spacial score (nSPS) is 18.7. The Bertz CT molecular complexity index is 1120. The number of aromatic nitrogens is 1. The first-order chi connectivity index (χ1) is 17.9. The summed E-state index contributed by atoms with van der Waals surface area (Å²) in [7, 11) is 0. The largest absolute Gasteiger partial charge is 0.391 e. The van der Waals surface area contributed by atoms with Gasteiger partial charge in [0.1, 0.15) is 12.1 Å². The zero-order valence-corrected chi connectivity index (χ0v) is 25.0. The van der Waals surface area contributed by atoms with Gasteiger partial charge >= 0.3 is 0 Å². The lowest BCUT2D eigenvalue weighted by Crippen LogP contribution is -2.57. The Balaban J connectivity index is 0.00000533. The molecule has 1 aromatic heterocycles. The number of benzene rings is 1. The lowest BCUT2D eigenvalue weighted by atomic mass is 9.85. The van der Waals surface area contributed by atoms with Crippen molar-refractivity contribution >= 4 is 41.5 Å². The van der Waals surface area contributed by atoms with Crippen LogP contribution in [-0.4, -0.2) is 64.0 Å². The minimum absolute atomic E-state index is 0. The Labute approximate surface area is 241 Å². The van der Waals surface area contributed by atoms with Gasteiger partial charge in [-0.05, 0) is 49.8 Å². The molecule has 11 heteroatoms. The number of nitrogens with zero attached hydrogens (tertiary/aromatic N) is 2. The number of likely N-dealkylation sites (tertiary alicyclic amines) is 1. The lowest BCUT2D eigenvalue weighted by molar-refractivity contribution is -0.144. The van der Waals surface area contributed by atoms with Crippen LogP contribution in [0.1, 0.15) is 70.7 Å². The van der Waals surface area contributed by atoms with Crippen molar-refractivity contribution < 1.29 is 19.5 Å². The van der Waals surface area contributed by atoms with E-state index >= 15 is 0 Å². The summed E-state index contributed by atoms with van der Waals surface area (Å²) in [4.78, 5) is 46.4. The fourth-order valence-corrected chi connectivity index (χ4v) is 5.49. The number of aryl methyl sites for hydroxylation is 1. The second-order valence-corrected chi connectivity index (χ2v) is 12.0. The molecule has 1 aromatic carbocycles. The molecular weight excluding hydrogens is 538 g/mol. The van der Waals surface area contributed by atoms with Crippen molar-refractivity contribution in [1.29, 1.82) is 0 Å². The molecule has 1 aliphatic heterocycles. The Morgan fingerprint density at radius 3 is 2.41 bits per heavy atom. The third kappa shape index (κ3) is 8.48. The number of nitrogens with one attached hydrogen (secondary N) is 2. The number of hydrogen-bond acceptors (Lipinski definition) is 7. The average Bonchev–Trinajstić information content (AvgIpc) is 3.47. The molecule has 2 heterocycles. The Morgan fingerprint density at radius 2 is 1.85 bits per heavy atom. The zero-order valence-electron chi connectivity index (χ0n) is 23.4. The Kier molecular flexibility index (Phi) is 11.9. The smallest absolute Gasteiger partial charge is 0.246 e. The van der Waals surface area contributed by atoms with E-state index in [-0.39, 0.29) is 55.6 Å². The molecule has 1 fully saturated rings. The summed E-state index contributed by atoms with van der Waals surface area (Å²) < 4.78 is 0. The lowest BCUT2D eigenvalue weighted by Gasteiger charge is -2.35. The number of aliphatic hydroxyl groups excluding tert-OH is 1. The molecule has 5 N–H and O–H groups in total. The number of nitrogens with two attached hydrogens (primary N) is 1. The molecule has 3 amide bonds. The topological polar surface area (TPSA) is 138 Å².